The summed E-state index contributed by atoms with van der Waals surface area (Å²) in [4.78, 5) is 45.9. The Morgan fingerprint density at radius 1 is 1.00 bits per heavy atom. The van der Waals surface area contributed by atoms with E-state index in [0.29, 0.717) is 46.1 Å². The van der Waals surface area contributed by atoms with Crippen molar-refractivity contribution in [2.24, 2.45) is 11.7 Å². The topological polar surface area (TPSA) is 187 Å². The third-order valence-corrected chi connectivity index (χ3v) is 5.71. The smallest absolute Gasteiger partial charge is 0.335 e. The minimum atomic E-state index is -1.04. The van der Waals surface area contributed by atoms with Crippen LogP contribution >= 0.6 is 0 Å². The van der Waals surface area contributed by atoms with Gasteiger partial charge in [-0.1, -0.05) is 26.0 Å². The molecule has 4 aromatic rings. The molecule has 4 rings (SSSR count). The van der Waals surface area contributed by atoms with E-state index in [4.69, 9.17) is 25.1 Å². The van der Waals surface area contributed by atoms with E-state index < -0.39 is 17.8 Å². The van der Waals surface area contributed by atoms with Gasteiger partial charge in [0.1, 0.15) is 0 Å². The molecule has 5 N–H and O–H groups in total. The fourth-order valence-electron chi connectivity index (χ4n) is 4.11. The van der Waals surface area contributed by atoms with Crippen LogP contribution in [-0.4, -0.2) is 57.2 Å². The zero-order chi connectivity index (χ0) is 30.3. The fourth-order valence-corrected chi connectivity index (χ4v) is 4.11. The summed E-state index contributed by atoms with van der Waals surface area (Å²) in [6.07, 6.45) is 3.69. The zero-order valence-corrected chi connectivity index (χ0v) is 23.3. The molecule has 0 saturated carbocycles. The van der Waals surface area contributed by atoms with Crippen molar-refractivity contribution in [2.75, 3.05) is 19.5 Å². The molecule has 0 atom stereocenters. The molecule has 1 amide bonds. The summed E-state index contributed by atoms with van der Waals surface area (Å²) < 4.78 is 10.5. The van der Waals surface area contributed by atoms with Gasteiger partial charge in [0.2, 0.25) is 5.88 Å². The number of nitrogens with zero attached hydrogens (tertiary/aromatic N) is 3. The van der Waals surface area contributed by atoms with E-state index in [0.717, 1.165) is 18.1 Å². The van der Waals surface area contributed by atoms with Crippen LogP contribution in [0, 0.1) is 5.92 Å². The predicted octanol–water partition coefficient (Wildman–Crippen LogP) is 4.54. The molecular formula is C29H31N5O7. The second-order valence-electron chi connectivity index (χ2n) is 9.39. The molecule has 2 aromatic carbocycles. The van der Waals surface area contributed by atoms with E-state index in [1.807, 2.05) is 18.2 Å². The number of benzene rings is 2. The third-order valence-electron chi connectivity index (χ3n) is 5.71. The summed E-state index contributed by atoms with van der Waals surface area (Å²) in [5.74, 6) is -1.87. The molecule has 41 heavy (non-hydrogen) atoms. The number of methoxy groups -OCH3 is 2. The normalized spacial score (nSPS) is 10.5. The van der Waals surface area contributed by atoms with Gasteiger partial charge in [0.25, 0.3) is 11.9 Å². The average molecular weight is 562 g/mol. The quantitative estimate of drug-likeness (QED) is 0.225. The molecule has 214 valence electrons. The number of carboxylic acid groups (broad SMARTS) is 2. The standard InChI is InChI=1S/C27H27N5O5.C2H4O2/c1-14(2)7-15-8-17(26(34)35)10-18(9-15)31-23-19-6-5-16(11-22(19)29-13-21(23)24(28)33)20-12-30-27(37-4)32-25(20)36-3;1-2(3)4/h5-6,8-14H,7H2,1-4H3,(H2,28,33)(H,29,31)(H,34,35);1H3,(H,3,4). The first-order chi connectivity index (χ1) is 19.4. The van der Waals surface area contributed by atoms with Crippen molar-refractivity contribution in [3.63, 3.8) is 0 Å². The lowest BCUT2D eigenvalue weighted by molar-refractivity contribution is -0.134. The molecule has 0 fully saturated rings. The molecule has 12 nitrogen and oxygen atoms in total. The van der Waals surface area contributed by atoms with Crippen molar-refractivity contribution >= 4 is 40.1 Å². The molecule has 0 saturated heterocycles. The van der Waals surface area contributed by atoms with Gasteiger partial charge in [-0.15, -0.1) is 0 Å². The highest BCUT2D eigenvalue weighted by Crippen LogP contribution is 2.35. The molecule has 2 aromatic heterocycles. The van der Waals surface area contributed by atoms with Crippen molar-refractivity contribution in [1.29, 1.82) is 0 Å². The summed E-state index contributed by atoms with van der Waals surface area (Å²) in [5.41, 5.74) is 9.75. The van der Waals surface area contributed by atoms with Crippen LogP contribution in [0.5, 0.6) is 11.9 Å². The van der Waals surface area contributed by atoms with Crippen LogP contribution in [0.2, 0.25) is 0 Å². The second kappa shape index (κ2) is 13.2. The summed E-state index contributed by atoms with van der Waals surface area (Å²) in [7, 11) is 2.97. The Bertz CT molecular complexity index is 1600. The monoisotopic (exact) mass is 561 g/mol. The first-order valence-electron chi connectivity index (χ1n) is 12.4. The Kier molecular flexibility index (Phi) is 9.75. The molecule has 0 aliphatic carbocycles. The van der Waals surface area contributed by atoms with Crippen LogP contribution in [-0.2, 0) is 11.2 Å². The van der Waals surface area contributed by atoms with Crippen LogP contribution in [0.4, 0.5) is 11.4 Å². The van der Waals surface area contributed by atoms with Gasteiger partial charge in [0.15, 0.2) is 0 Å². The number of aliphatic carboxylic acids is 1. The molecular weight excluding hydrogens is 530 g/mol. The first kappa shape index (κ1) is 30.3. The predicted molar refractivity (Wildman–Crippen MR) is 153 cm³/mol. The molecule has 0 bridgehead atoms. The number of nitrogens with two attached hydrogens (primary N) is 1. The number of pyridine rings is 1. The zero-order valence-electron chi connectivity index (χ0n) is 23.3. The van der Waals surface area contributed by atoms with Crippen LogP contribution in [0.25, 0.3) is 22.0 Å². The Hall–Kier alpha value is -5.26. The third kappa shape index (κ3) is 7.66. The lowest BCUT2D eigenvalue weighted by Crippen LogP contribution is -2.14. The van der Waals surface area contributed by atoms with E-state index in [-0.39, 0.29) is 17.1 Å². The number of ether oxygens (including phenoxy) is 2. The largest absolute Gasteiger partial charge is 0.481 e. The number of fused-ring (bicyclic) bond motifs is 1. The number of amides is 1. The number of anilines is 2. The number of carbonyl (C=O) groups is 3. The van der Waals surface area contributed by atoms with Crippen molar-refractivity contribution < 1.29 is 34.1 Å². The summed E-state index contributed by atoms with van der Waals surface area (Å²) in [6, 6.07) is 10.7. The number of rotatable bonds is 9. The average Bonchev–Trinajstić information content (AvgIpc) is 2.91. The highest BCUT2D eigenvalue weighted by Gasteiger charge is 2.18. The molecule has 0 aliphatic heterocycles. The van der Waals surface area contributed by atoms with Crippen LogP contribution in [0.1, 0.15) is 47.1 Å². The minimum absolute atomic E-state index is 0.147. The van der Waals surface area contributed by atoms with Gasteiger partial charge in [-0.2, -0.15) is 4.98 Å². The lowest BCUT2D eigenvalue weighted by Gasteiger charge is -2.16. The van der Waals surface area contributed by atoms with Crippen molar-refractivity contribution in [1.82, 2.24) is 15.0 Å². The number of carboxylic acids is 2. The van der Waals surface area contributed by atoms with Gasteiger partial charge < -0.3 is 30.7 Å². The number of aromatic carboxylic acids is 1. The second-order valence-corrected chi connectivity index (χ2v) is 9.39. The Balaban J connectivity index is 0.00000108. The Morgan fingerprint density at radius 3 is 2.29 bits per heavy atom. The molecule has 12 heteroatoms. The molecule has 0 unspecified atom stereocenters. The van der Waals surface area contributed by atoms with Gasteiger partial charge in [0.05, 0.1) is 42.1 Å². The van der Waals surface area contributed by atoms with Crippen molar-refractivity contribution in [2.45, 2.75) is 27.2 Å². The van der Waals surface area contributed by atoms with Gasteiger partial charge in [-0.25, -0.2) is 9.78 Å². The molecule has 0 aliphatic rings. The van der Waals surface area contributed by atoms with Crippen LogP contribution < -0.4 is 20.5 Å². The Morgan fingerprint density at radius 2 is 1.71 bits per heavy atom. The van der Waals surface area contributed by atoms with Crippen LogP contribution in [0.15, 0.2) is 48.8 Å². The summed E-state index contributed by atoms with van der Waals surface area (Å²) in [6.45, 7) is 5.20. The van der Waals surface area contributed by atoms with Gasteiger partial charge in [0, 0.05) is 30.4 Å². The molecule has 2 heterocycles. The van der Waals surface area contributed by atoms with Crippen LogP contribution in [0.3, 0.4) is 0 Å². The van der Waals surface area contributed by atoms with Crippen molar-refractivity contribution in [3.8, 4) is 23.0 Å². The Labute approximate surface area is 236 Å². The summed E-state index contributed by atoms with van der Waals surface area (Å²) in [5, 5.41) is 20.9. The molecule has 0 spiro atoms. The lowest BCUT2D eigenvalue weighted by atomic mass is 9.99. The van der Waals surface area contributed by atoms with Crippen molar-refractivity contribution in [3.05, 3.63) is 65.5 Å². The highest BCUT2D eigenvalue weighted by atomic mass is 16.5. The fraction of sp³-hybridized carbons (Fsp3) is 0.241. The first-order valence-corrected chi connectivity index (χ1v) is 12.4. The van der Waals surface area contributed by atoms with E-state index in [9.17, 15) is 14.7 Å². The number of primary amides is 1. The van der Waals surface area contributed by atoms with Gasteiger partial charge in [-0.3, -0.25) is 14.6 Å². The maximum Gasteiger partial charge on any atom is 0.335 e. The number of carbonyl (C=O) groups excluding carboxylic acids is 1. The highest BCUT2D eigenvalue weighted by molar-refractivity contribution is 6.08. The minimum Gasteiger partial charge on any atom is -0.481 e. The number of hydrogen-bond acceptors (Lipinski definition) is 9. The number of aromatic nitrogens is 3. The van der Waals surface area contributed by atoms with E-state index in [1.54, 1.807) is 18.3 Å². The van der Waals surface area contributed by atoms with E-state index in [1.165, 1.54) is 26.5 Å². The number of hydrogen-bond donors (Lipinski definition) is 4. The van der Waals surface area contributed by atoms with E-state index >= 15 is 0 Å². The maximum absolute atomic E-state index is 12.3. The summed E-state index contributed by atoms with van der Waals surface area (Å²) >= 11 is 0. The number of nitrogens with one attached hydrogen (secondary N) is 1. The maximum atomic E-state index is 12.3. The van der Waals surface area contributed by atoms with Gasteiger partial charge >= 0.3 is 12.0 Å². The SMILES string of the molecule is CC(=O)O.COc1ncc(-c2ccc3c(Nc4cc(CC(C)C)cc(C(=O)O)c4)c(C(N)=O)cnc3c2)c(OC)n1. The molecule has 0 radical (unpaired) electrons. The van der Waals surface area contributed by atoms with Gasteiger partial charge in [-0.05, 0) is 47.7 Å². The van der Waals surface area contributed by atoms with E-state index in [2.05, 4.69) is 34.1 Å².